The van der Waals surface area contributed by atoms with Gasteiger partial charge in [-0.2, -0.15) is 5.26 Å². The predicted molar refractivity (Wildman–Crippen MR) is 126 cm³/mol. The number of nitrogens with two attached hydrogens (primary N) is 1. The van der Waals surface area contributed by atoms with Crippen LogP contribution < -0.4 is 10.6 Å². The zero-order chi connectivity index (χ0) is 23.8. The molecule has 1 aliphatic rings. The Hall–Kier alpha value is -4.09. The lowest BCUT2D eigenvalue weighted by molar-refractivity contribution is 0.475. The van der Waals surface area contributed by atoms with E-state index in [1.54, 1.807) is 30.3 Å². The highest BCUT2D eigenvalue weighted by molar-refractivity contribution is 6.00. The monoisotopic (exact) mass is 457 g/mol. The van der Waals surface area contributed by atoms with Crippen molar-refractivity contribution < 1.29 is 13.9 Å². The Morgan fingerprint density at radius 3 is 2.41 bits per heavy atom. The second-order valence-corrected chi connectivity index (χ2v) is 8.43. The summed E-state index contributed by atoms with van der Waals surface area (Å²) in [7, 11) is 0. The molecule has 3 aromatic carbocycles. The Labute approximate surface area is 194 Å². The first kappa shape index (κ1) is 21.7. The average Bonchev–Trinajstić information content (AvgIpc) is 2.83. The maximum Gasteiger partial charge on any atom is 0.141 e. The molecule has 34 heavy (non-hydrogen) atoms. The first-order valence-electron chi connectivity index (χ1n) is 10.9. The summed E-state index contributed by atoms with van der Waals surface area (Å²) in [5, 5.41) is 29.3. The molecule has 0 bridgehead atoms. The fourth-order valence-electron chi connectivity index (χ4n) is 4.45. The van der Waals surface area contributed by atoms with Gasteiger partial charge >= 0.3 is 0 Å². The molecule has 0 spiro atoms. The van der Waals surface area contributed by atoms with Gasteiger partial charge in [0.05, 0.1) is 16.8 Å². The van der Waals surface area contributed by atoms with E-state index in [2.05, 4.69) is 15.1 Å². The largest absolute Gasteiger partial charge is 0.506 e. The van der Waals surface area contributed by atoms with E-state index in [0.717, 1.165) is 24.3 Å². The second kappa shape index (κ2) is 8.69. The van der Waals surface area contributed by atoms with Crippen LogP contribution >= 0.6 is 0 Å². The Bertz CT molecular complexity index is 1420. The van der Waals surface area contributed by atoms with Crippen LogP contribution in [0.3, 0.4) is 0 Å². The fraction of sp³-hybridized carbons (Fsp3) is 0.192. The highest BCUT2D eigenvalue weighted by atomic mass is 19.1. The fourth-order valence-corrected chi connectivity index (χ4v) is 4.45. The van der Waals surface area contributed by atoms with Crippen LogP contribution in [-0.2, 0) is 0 Å². The number of phenolic OH excluding ortho intramolecular Hbond substituents is 1. The third-order valence-electron chi connectivity index (χ3n) is 6.19. The van der Waals surface area contributed by atoms with E-state index in [0.29, 0.717) is 41.1 Å². The van der Waals surface area contributed by atoms with E-state index in [1.165, 1.54) is 12.1 Å². The number of fused-ring (bicyclic) bond motifs is 1. The van der Waals surface area contributed by atoms with Crippen molar-refractivity contribution in [1.82, 2.24) is 10.2 Å². The van der Waals surface area contributed by atoms with Gasteiger partial charge in [-0.3, -0.25) is 0 Å². The zero-order valence-electron chi connectivity index (χ0n) is 18.2. The first-order chi connectivity index (χ1) is 16.4. The number of hydrogen-bond donors (Lipinski definition) is 2. The highest BCUT2D eigenvalue weighted by Crippen LogP contribution is 2.40. The molecule has 170 valence electrons. The molecule has 0 saturated carbocycles. The molecule has 0 radical (unpaired) electrons. The van der Waals surface area contributed by atoms with Crippen molar-refractivity contribution >= 4 is 16.6 Å². The van der Waals surface area contributed by atoms with E-state index in [9.17, 15) is 19.1 Å². The van der Waals surface area contributed by atoms with E-state index in [4.69, 9.17) is 5.73 Å². The SMILES string of the molecule is N#Cc1cccc(-c2ccc3nnc(-c4cc(F)cc(F)c4)c(N4CCC(N)CC4)c3c2)c1O. The van der Waals surface area contributed by atoms with Crippen LogP contribution in [0.25, 0.3) is 33.3 Å². The van der Waals surface area contributed by atoms with E-state index in [-0.39, 0.29) is 22.9 Å². The lowest BCUT2D eigenvalue weighted by Gasteiger charge is -2.33. The molecule has 1 saturated heterocycles. The van der Waals surface area contributed by atoms with E-state index >= 15 is 0 Å². The summed E-state index contributed by atoms with van der Waals surface area (Å²) >= 11 is 0. The quantitative estimate of drug-likeness (QED) is 0.461. The van der Waals surface area contributed by atoms with Crippen LogP contribution in [0.15, 0.2) is 54.6 Å². The van der Waals surface area contributed by atoms with Crippen molar-refractivity contribution in [2.75, 3.05) is 18.0 Å². The number of benzene rings is 3. The van der Waals surface area contributed by atoms with Crippen molar-refractivity contribution in [3.63, 3.8) is 0 Å². The van der Waals surface area contributed by atoms with Crippen LogP contribution in [0, 0.1) is 23.0 Å². The molecule has 1 aromatic heterocycles. The number of aromatic nitrogens is 2. The molecule has 0 atom stereocenters. The molecule has 6 nitrogen and oxygen atoms in total. The predicted octanol–water partition coefficient (Wildman–Crippen LogP) is 4.75. The van der Waals surface area contributed by atoms with Gasteiger partial charge in [0.2, 0.25) is 0 Å². The topological polar surface area (TPSA) is 99.1 Å². The van der Waals surface area contributed by atoms with Gasteiger partial charge in [0.25, 0.3) is 0 Å². The van der Waals surface area contributed by atoms with Crippen LogP contribution in [0.1, 0.15) is 18.4 Å². The number of phenols is 1. The number of nitriles is 1. The molecule has 0 amide bonds. The molecule has 5 rings (SSSR count). The Morgan fingerprint density at radius 2 is 1.71 bits per heavy atom. The van der Waals surface area contributed by atoms with Gasteiger partial charge in [-0.1, -0.05) is 18.2 Å². The minimum Gasteiger partial charge on any atom is -0.506 e. The van der Waals surface area contributed by atoms with Crippen LogP contribution in [0.4, 0.5) is 14.5 Å². The maximum atomic E-state index is 14.1. The van der Waals surface area contributed by atoms with Crippen molar-refractivity contribution in [3.05, 3.63) is 71.8 Å². The van der Waals surface area contributed by atoms with E-state index < -0.39 is 11.6 Å². The molecule has 2 heterocycles. The smallest absolute Gasteiger partial charge is 0.141 e. The van der Waals surface area contributed by atoms with E-state index in [1.807, 2.05) is 12.1 Å². The summed E-state index contributed by atoms with van der Waals surface area (Å²) in [4.78, 5) is 2.12. The summed E-state index contributed by atoms with van der Waals surface area (Å²) < 4.78 is 28.2. The minimum absolute atomic E-state index is 0.0913. The molecule has 3 N–H and O–H groups in total. The molecule has 8 heteroatoms. The van der Waals surface area contributed by atoms with Crippen molar-refractivity contribution in [2.24, 2.45) is 5.73 Å². The number of nitrogens with zero attached hydrogens (tertiary/aromatic N) is 4. The van der Waals surface area contributed by atoms with Gasteiger partial charge in [0, 0.05) is 41.7 Å². The summed E-state index contributed by atoms with van der Waals surface area (Å²) in [6.45, 7) is 1.32. The number of halogens is 2. The summed E-state index contributed by atoms with van der Waals surface area (Å²) in [5.41, 5.74) is 9.44. The average molecular weight is 457 g/mol. The standard InChI is InChI=1S/C26H21F2N5O/c27-18-10-17(11-19(28)13-18)24-25(33-8-6-20(30)7-9-33)22-12-15(4-5-23(22)31-32-24)21-3-1-2-16(14-29)26(21)34/h1-5,10-13,20,34H,6-9,30H2. The third kappa shape index (κ3) is 3.91. The number of piperidine rings is 1. The Balaban J connectivity index is 1.76. The van der Waals surface area contributed by atoms with Crippen LogP contribution in [0.5, 0.6) is 5.75 Å². The van der Waals surface area contributed by atoms with Crippen molar-refractivity contribution in [3.8, 4) is 34.2 Å². The summed E-state index contributed by atoms with van der Waals surface area (Å²) in [6.07, 6.45) is 1.54. The molecular formula is C26H21F2N5O. The molecular weight excluding hydrogens is 436 g/mol. The van der Waals surface area contributed by atoms with Gasteiger partial charge in [-0.25, -0.2) is 8.78 Å². The van der Waals surface area contributed by atoms with Gasteiger partial charge in [-0.15, -0.1) is 10.2 Å². The molecule has 4 aromatic rings. The number of rotatable bonds is 3. The van der Waals surface area contributed by atoms with Crippen molar-refractivity contribution in [2.45, 2.75) is 18.9 Å². The van der Waals surface area contributed by atoms with Gasteiger partial charge in [0.1, 0.15) is 29.1 Å². The molecule has 1 fully saturated rings. The lowest BCUT2D eigenvalue weighted by atomic mass is 9.97. The summed E-state index contributed by atoms with van der Waals surface area (Å²) in [5.74, 6) is -1.50. The third-order valence-corrected chi connectivity index (χ3v) is 6.19. The second-order valence-electron chi connectivity index (χ2n) is 8.43. The van der Waals surface area contributed by atoms with Crippen LogP contribution in [-0.4, -0.2) is 34.4 Å². The summed E-state index contributed by atoms with van der Waals surface area (Å²) in [6, 6.07) is 15.8. The normalized spacial score (nSPS) is 14.4. The van der Waals surface area contributed by atoms with Gasteiger partial charge in [0.15, 0.2) is 0 Å². The lowest BCUT2D eigenvalue weighted by Crippen LogP contribution is -2.40. The maximum absolute atomic E-state index is 14.1. The van der Waals surface area contributed by atoms with Gasteiger partial charge < -0.3 is 15.7 Å². The zero-order valence-corrected chi connectivity index (χ0v) is 18.2. The minimum atomic E-state index is -0.699. The Kier molecular flexibility index (Phi) is 5.56. The van der Waals surface area contributed by atoms with Crippen LogP contribution in [0.2, 0.25) is 0 Å². The number of anilines is 1. The molecule has 0 unspecified atom stereocenters. The molecule has 1 aliphatic heterocycles. The number of hydrogen-bond acceptors (Lipinski definition) is 6. The number of aromatic hydroxyl groups is 1. The van der Waals surface area contributed by atoms with Crippen molar-refractivity contribution in [1.29, 1.82) is 5.26 Å². The first-order valence-corrected chi connectivity index (χ1v) is 10.9. The number of para-hydroxylation sites is 1. The Morgan fingerprint density at radius 1 is 0.971 bits per heavy atom. The van der Waals surface area contributed by atoms with Gasteiger partial charge in [-0.05, 0) is 48.7 Å². The molecule has 0 aliphatic carbocycles. The highest BCUT2D eigenvalue weighted by Gasteiger charge is 2.24.